The van der Waals surface area contributed by atoms with Crippen LogP contribution in [-0.4, -0.2) is 9.38 Å². The van der Waals surface area contributed by atoms with Crippen molar-refractivity contribution in [3.63, 3.8) is 0 Å². The molecule has 23 heavy (non-hydrogen) atoms. The first-order chi connectivity index (χ1) is 11.3. The lowest BCUT2D eigenvalue weighted by Crippen LogP contribution is -2.27. The molecule has 0 unspecified atom stereocenters. The van der Waals surface area contributed by atoms with Crippen LogP contribution in [0, 0.1) is 6.92 Å². The Balaban J connectivity index is 2.30. The van der Waals surface area contributed by atoms with E-state index in [9.17, 15) is 0 Å². The Hall–Kier alpha value is -2.94. The zero-order valence-electron chi connectivity index (χ0n) is 13.1. The van der Waals surface area contributed by atoms with Gasteiger partial charge in [0.1, 0.15) is 5.52 Å². The van der Waals surface area contributed by atoms with Crippen molar-refractivity contribution in [3.05, 3.63) is 66.5 Å². The van der Waals surface area contributed by atoms with Crippen LogP contribution in [0.3, 0.4) is 0 Å². The average Bonchev–Trinajstić information content (AvgIpc) is 2.89. The summed E-state index contributed by atoms with van der Waals surface area (Å²) < 4.78 is 4.66. The Morgan fingerprint density at radius 3 is 2.70 bits per heavy atom. The highest BCUT2D eigenvalue weighted by atomic mass is 15.1. The monoisotopic (exact) mass is 298 g/mol. The standard InChI is InChI=1S/C20H16N3/c1-13-6-5-7-14-15-12-21-11-10-16(15)23-18-9-4-3-8-17(18)22(2)20(23)19(13)14/h3-12H,1-2H3/q+1. The zero-order valence-corrected chi connectivity index (χ0v) is 13.1. The number of para-hydroxylation sites is 2. The molecule has 0 saturated carbocycles. The van der Waals surface area contributed by atoms with E-state index in [1.165, 1.54) is 43.9 Å². The van der Waals surface area contributed by atoms with Crippen molar-refractivity contribution in [1.29, 1.82) is 0 Å². The second-order valence-corrected chi connectivity index (χ2v) is 6.10. The molecule has 3 heterocycles. The number of imidazole rings is 1. The number of hydrogen-bond donors (Lipinski definition) is 0. The SMILES string of the molecule is Cc1cccc2c3cnccc3n3c4ccccc4[n+](C)c3c12. The molecule has 0 radical (unpaired) electrons. The van der Waals surface area contributed by atoms with Gasteiger partial charge in [-0.1, -0.05) is 30.3 Å². The van der Waals surface area contributed by atoms with Gasteiger partial charge >= 0.3 is 0 Å². The summed E-state index contributed by atoms with van der Waals surface area (Å²) in [7, 11) is 2.15. The van der Waals surface area contributed by atoms with Gasteiger partial charge in [-0.15, -0.1) is 0 Å². The van der Waals surface area contributed by atoms with E-state index >= 15 is 0 Å². The van der Waals surface area contributed by atoms with E-state index in [2.05, 4.69) is 76.5 Å². The van der Waals surface area contributed by atoms with Crippen LogP contribution in [0.15, 0.2) is 60.9 Å². The minimum absolute atomic E-state index is 1.19. The van der Waals surface area contributed by atoms with Crippen molar-refractivity contribution >= 4 is 38.4 Å². The van der Waals surface area contributed by atoms with Crippen LogP contribution in [0.2, 0.25) is 0 Å². The molecule has 3 aromatic heterocycles. The third kappa shape index (κ3) is 1.49. The Bertz CT molecular complexity index is 1230. The van der Waals surface area contributed by atoms with Gasteiger partial charge in [-0.2, -0.15) is 4.40 Å². The Morgan fingerprint density at radius 2 is 1.78 bits per heavy atom. The molecule has 0 aliphatic carbocycles. The van der Waals surface area contributed by atoms with Gasteiger partial charge in [0.05, 0.1) is 12.4 Å². The molecule has 0 saturated heterocycles. The predicted octanol–water partition coefficient (Wildman–Crippen LogP) is 3.93. The predicted molar refractivity (Wildman–Crippen MR) is 93.6 cm³/mol. The Morgan fingerprint density at radius 1 is 0.913 bits per heavy atom. The van der Waals surface area contributed by atoms with Crippen molar-refractivity contribution in [1.82, 2.24) is 9.38 Å². The summed E-state index contributed by atoms with van der Waals surface area (Å²) in [6, 6.07) is 17.2. The Kier molecular flexibility index (Phi) is 2.35. The molecule has 0 N–H and O–H groups in total. The Labute approximate surface area is 133 Å². The van der Waals surface area contributed by atoms with Crippen molar-refractivity contribution in [2.75, 3.05) is 0 Å². The van der Waals surface area contributed by atoms with E-state index in [0.717, 1.165) is 0 Å². The van der Waals surface area contributed by atoms with Crippen molar-refractivity contribution in [3.8, 4) is 0 Å². The number of aromatic nitrogens is 3. The van der Waals surface area contributed by atoms with Crippen LogP contribution in [-0.2, 0) is 7.05 Å². The fraction of sp³-hybridized carbons (Fsp3) is 0.100. The molecule has 0 spiro atoms. The first-order valence-corrected chi connectivity index (χ1v) is 7.81. The van der Waals surface area contributed by atoms with Gasteiger partial charge in [0, 0.05) is 29.2 Å². The first-order valence-electron chi connectivity index (χ1n) is 7.81. The smallest absolute Gasteiger partial charge is 0.264 e. The number of aryl methyl sites for hydroxylation is 2. The normalized spacial score (nSPS) is 11.9. The van der Waals surface area contributed by atoms with Crippen molar-refractivity contribution < 1.29 is 4.57 Å². The van der Waals surface area contributed by atoms with E-state index in [1.54, 1.807) is 0 Å². The van der Waals surface area contributed by atoms with Gasteiger partial charge < -0.3 is 0 Å². The van der Waals surface area contributed by atoms with E-state index in [-0.39, 0.29) is 0 Å². The minimum atomic E-state index is 1.19. The van der Waals surface area contributed by atoms with E-state index < -0.39 is 0 Å². The largest absolute Gasteiger partial charge is 0.295 e. The quantitative estimate of drug-likeness (QED) is 0.313. The zero-order chi connectivity index (χ0) is 15.6. The van der Waals surface area contributed by atoms with Gasteiger partial charge in [0.2, 0.25) is 0 Å². The maximum absolute atomic E-state index is 4.37. The molecule has 5 aromatic rings. The van der Waals surface area contributed by atoms with Gasteiger partial charge in [0.25, 0.3) is 5.65 Å². The van der Waals surface area contributed by atoms with Gasteiger partial charge in [-0.3, -0.25) is 4.98 Å². The number of pyridine rings is 2. The summed E-state index contributed by atoms with van der Waals surface area (Å²) >= 11 is 0. The summed E-state index contributed by atoms with van der Waals surface area (Å²) in [5.74, 6) is 0. The summed E-state index contributed by atoms with van der Waals surface area (Å²) in [6.07, 6.45) is 3.85. The maximum Gasteiger partial charge on any atom is 0.295 e. The number of benzene rings is 2. The number of rotatable bonds is 0. The molecule has 3 heteroatoms. The fourth-order valence-electron chi connectivity index (χ4n) is 3.82. The first kappa shape index (κ1) is 12.6. The summed E-state index contributed by atoms with van der Waals surface area (Å²) in [5.41, 5.74) is 6.19. The van der Waals surface area contributed by atoms with Crippen LogP contribution in [0.1, 0.15) is 5.56 Å². The van der Waals surface area contributed by atoms with Crippen LogP contribution in [0.25, 0.3) is 38.4 Å². The molecule has 0 atom stereocenters. The van der Waals surface area contributed by atoms with Crippen LogP contribution >= 0.6 is 0 Å². The summed E-state index contributed by atoms with van der Waals surface area (Å²) in [5, 5.41) is 3.76. The summed E-state index contributed by atoms with van der Waals surface area (Å²) in [4.78, 5) is 4.37. The minimum Gasteiger partial charge on any atom is -0.264 e. The number of hydrogen-bond acceptors (Lipinski definition) is 1. The second kappa shape index (κ2) is 4.29. The van der Waals surface area contributed by atoms with Crippen LogP contribution in [0.5, 0.6) is 0 Å². The molecule has 5 rings (SSSR count). The molecule has 0 fully saturated rings. The van der Waals surface area contributed by atoms with Gasteiger partial charge in [-0.05, 0) is 24.6 Å². The van der Waals surface area contributed by atoms with Crippen LogP contribution < -0.4 is 4.57 Å². The molecular weight excluding hydrogens is 282 g/mol. The molecule has 0 aliphatic rings. The molecule has 0 aliphatic heterocycles. The molecule has 3 nitrogen and oxygen atoms in total. The van der Waals surface area contributed by atoms with Crippen molar-refractivity contribution in [2.24, 2.45) is 7.05 Å². The molecule has 2 aromatic carbocycles. The lowest BCUT2D eigenvalue weighted by Gasteiger charge is -2.06. The highest BCUT2D eigenvalue weighted by molar-refractivity contribution is 6.13. The topological polar surface area (TPSA) is 21.2 Å². The molecule has 0 amide bonds. The van der Waals surface area contributed by atoms with E-state index in [1.807, 2.05) is 12.4 Å². The van der Waals surface area contributed by atoms with E-state index in [0.29, 0.717) is 0 Å². The third-order valence-corrected chi connectivity index (χ3v) is 4.84. The number of nitrogens with zero attached hydrogens (tertiary/aromatic N) is 3. The summed E-state index contributed by atoms with van der Waals surface area (Å²) in [6.45, 7) is 2.18. The highest BCUT2D eigenvalue weighted by Crippen LogP contribution is 2.32. The van der Waals surface area contributed by atoms with E-state index in [4.69, 9.17) is 0 Å². The fourth-order valence-corrected chi connectivity index (χ4v) is 3.82. The molecule has 110 valence electrons. The van der Waals surface area contributed by atoms with Crippen LogP contribution in [0.4, 0.5) is 0 Å². The highest BCUT2D eigenvalue weighted by Gasteiger charge is 2.23. The van der Waals surface area contributed by atoms with Gasteiger partial charge in [0.15, 0.2) is 11.0 Å². The molecule has 0 bridgehead atoms. The average molecular weight is 298 g/mol. The number of fused-ring (bicyclic) bond motifs is 8. The lowest BCUT2D eigenvalue weighted by atomic mass is 10.0. The van der Waals surface area contributed by atoms with Crippen molar-refractivity contribution in [2.45, 2.75) is 6.92 Å². The second-order valence-electron chi connectivity index (χ2n) is 6.10. The maximum atomic E-state index is 4.37. The third-order valence-electron chi connectivity index (χ3n) is 4.84. The molecular formula is C20H16N3+. The van der Waals surface area contributed by atoms with Gasteiger partial charge in [-0.25, -0.2) is 4.57 Å². The lowest BCUT2D eigenvalue weighted by molar-refractivity contribution is -0.617.